The van der Waals surface area contributed by atoms with Gasteiger partial charge in [0.15, 0.2) is 5.65 Å². The quantitative estimate of drug-likeness (QED) is 0.610. The first-order chi connectivity index (χ1) is 11.2. The van der Waals surface area contributed by atoms with Crippen LogP contribution < -0.4 is 10.9 Å². The third kappa shape index (κ3) is 2.34. The molecule has 4 rings (SSSR count). The van der Waals surface area contributed by atoms with E-state index in [-0.39, 0.29) is 5.56 Å². The average molecular weight is 305 g/mol. The first-order valence-corrected chi connectivity index (χ1v) is 7.36. The Morgan fingerprint density at radius 3 is 2.87 bits per heavy atom. The number of nitrogens with zero attached hydrogens (tertiary/aromatic N) is 3. The summed E-state index contributed by atoms with van der Waals surface area (Å²) in [7, 11) is 0. The Bertz CT molecular complexity index is 1060. The maximum Gasteiger partial charge on any atom is 0.268 e. The van der Waals surface area contributed by atoms with Crippen LogP contribution in [-0.4, -0.2) is 19.8 Å². The molecule has 0 radical (unpaired) electrons. The molecular formula is C17H15N5O. The molecular weight excluding hydrogens is 290 g/mol. The minimum absolute atomic E-state index is 0.136. The smallest absolute Gasteiger partial charge is 0.268 e. The molecule has 4 aromatic rings. The summed E-state index contributed by atoms with van der Waals surface area (Å²) >= 11 is 0. The number of rotatable bonds is 3. The Morgan fingerprint density at radius 1 is 1.17 bits per heavy atom. The molecule has 2 N–H and O–H groups in total. The Labute approximate surface area is 131 Å². The van der Waals surface area contributed by atoms with Gasteiger partial charge in [0.05, 0.1) is 0 Å². The highest BCUT2D eigenvalue weighted by Gasteiger charge is 2.10. The second-order valence-electron chi connectivity index (χ2n) is 5.48. The first-order valence-electron chi connectivity index (χ1n) is 7.36. The third-order valence-corrected chi connectivity index (χ3v) is 4.05. The number of aryl methyl sites for hydroxylation is 1. The summed E-state index contributed by atoms with van der Waals surface area (Å²) < 4.78 is 1.54. The summed E-state index contributed by atoms with van der Waals surface area (Å²) in [5.41, 5.74) is 3.00. The van der Waals surface area contributed by atoms with E-state index < -0.39 is 0 Å². The molecule has 0 unspecified atom stereocenters. The summed E-state index contributed by atoms with van der Waals surface area (Å²) in [6.45, 7) is 2.32. The largest absolute Gasteiger partial charge is 0.381 e. The van der Waals surface area contributed by atoms with Gasteiger partial charge in [-0.1, -0.05) is 30.3 Å². The van der Waals surface area contributed by atoms with Crippen molar-refractivity contribution < 1.29 is 0 Å². The number of fused-ring (bicyclic) bond motifs is 2. The van der Waals surface area contributed by atoms with Crippen LogP contribution >= 0.6 is 0 Å². The lowest BCUT2D eigenvalue weighted by Crippen LogP contribution is -2.21. The summed E-state index contributed by atoms with van der Waals surface area (Å²) in [5, 5.41) is 16.3. The van der Waals surface area contributed by atoms with Crippen molar-refractivity contribution in [2.45, 2.75) is 13.5 Å². The van der Waals surface area contributed by atoms with Crippen molar-refractivity contribution in [3.05, 3.63) is 70.3 Å². The molecule has 0 aliphatic rings. The van der Waals surface area contributed by atoms with Gasteiger partial charge in [-0.25, -0.2) is 4.52 Å². The van der Waals surface area contributed by atoms with E-state index in [2.05, 4.69) is 44.9 Å². The van der Waals surface area contributed by atoms with Crippen molar-refractivity contribution in [3.8, 4) is 0 Å². The van der Waals surface area contributed by atoms with Crippen molar-refractivity contribution in [2.24, 2.45) is 0 Å². The van der Waals surface area contributed by atoms with E-state index in [1.807, 2.05) is 25.1 Å². The van der Waals surface area contributed by atoms with Gasteiger partial charge in [0.2, 0.25) is 0 Å². The summed E-state index contributed by atoms with van der Waals surface area (Å²) in [6, 6.07) is 14.3. The number of anilines is 1. The maximum atomic E-state index is 12.2. The van der Waals surface area contributed by atoms with Crippen LogP contribution in [0.1, 0.15) is 11.1 Å². The fraction of sp³-hybridized carbons (Fsp3) is 0.118. The number of H-pyrrole nitrogens is 1. The molecule has 6 nitrogen and oxygen atoms in total. The molecule has 0 saturated heterocycles. The zero-order chi connectivity index (χ0) is 15.8. The van der Waals surface area contributed by atoms with E-state index in [1.54, 1.807) is 0 Å². The van der Waals surface area contributed by atoms with Crippen LogP contribution in [0.2, 0.25) is 0 Å². The first kappa shape index (κ1) is 13.5. The molecule has 23 heavy (non-hydrogen) atoms. The van der Waals surface area contributed by atoms with Gasteiger partial charge in [0.1, 0.15) is 6.33 Å². The second kappa shape index (κ2) is 5.24. The highest BCUT2D eigenvalue weighted by atomic mass is 16.1. The second-order valence-corrected chi connectivity index (χ2v) is 5.48. The van der Waals surface area contributed by atoms with E-state index in [0.717, 1.165) is 16.6 Å². The monoisotopic (exact) mass is 305 g/mol. The minimum atomic E-state index is -0.136. The molecule has 0 aliphatic carbocycles. The predicted molar refractivity (Wildman–Crippen MR) is 89.6 cm³/mol. The predicted octanol–water partition coefficient (Wildman–Crippen LogP) is 2.49. The number of nitrogens with one attached hydrogen (secondary N) is 2. The molecule has 0 bridgehead atoms. The van der Waals surface area contributed by atoms with Gasteiger partial charge in [-0.2, -0.15) is 0 Å². The SMILES string of the molecule is Cc1c(CNc2ccc3ccccc3c2)c(=O)[nH]n2cnnc12. The fourth-order valence-corrected chi connectivity index (χ4v) is 2.76. The summed E-state index contributed by atoms with van der Waals surface area (Å²) in [5.74, 6) is 0. The van der Waals surface area contributed by atoms with E-state index >= 15 is 0 Å². The molecule has 0 atom stereocenters. The van der Waals surface area contributed by atoms with Crippen molar-refractivity contribution in [1.82, 2.24) is 19.8 Å². The van der Waals surface area contributed by atoms with E-state index in [4.69, 9.17) is 0 Å². The molecule has 2 heterocycles. The van der Waals surface area contributed by atoms with Gasteiger partial charge < -0.3 is 5.32 Å². The fourth-order valence-electron chi connectivity index (χ4n) is 2.76. The van der Waals surface area contributed by atoms with Gasteiger partial charge >= 0.3 is 0 Å². The number of benzene rings is 2. The molecule has 6 heteroatoms. The van der Waals surface area contributed by atoms with Crippen molar-refractivity contribution in [1.29, 1.82) is 0 Å². The number of hydrogen-bond acceptors (Lipinski definition) is 4. The van der Waals surface area contributed by atoms with Gasteiger partial charge in [-0.3, -0.25) is 9.89 Å². The van der Waals surface area contributed by atoms with Gasteiger partial charge in [0, 0.05) is 23.4 Å². The molecule has 2 aromatic heterocycles. The molecule has 0 spiro atoms. The average Bonchev–Trinajstić information content (AvgIpc) is 3.03. The topological polar surface area (TPSA) is 75.1 Å². The number of aromatic nitrogens is 4. The molecule has 114 valence electrons. The van der Waals surface area contributed by atoms with E-state index in [9.17, 15) is 4.79 Å². The Balaban J connectivity index is 1.66. The van der Waals surface area contributed by atoms with Crippen LogP contribution in [0.3, 0.4) is 0 Å². The number of hydrogen-bond donors (Lipinski definition) is 2. The standard InChI is InChI=1S/C17H15N5O/c1-11-15(17(23)21-22-10-19-20-16(11)22)9-18-14-7-6-12-4-2-3-5-13(12)8-14/h2-8,10,18H,9H2,1H3,(H,21,23). The highest BCUT2D eigenvalue weighted by Crippen LogP contribution is 2.19. The van der Waals surface area contributed by atoms with Gasteiger partial charge in [-0.15, -0.1) is 10.2 Å². The normalized spacial score (nSPS) is 11.2. The van der Waals surface area contributed by atoms with Crippen LogP contribution in [0.25, 0.3) is 16.4 Å². The Morgan fingerprint density at radius 2 is 2.00 bits per heavy atom. The lowest BCUT2D eigenvalue weighted by Gasteiger charge is -2.10. The van der Waals surface area contributed by atoms with Crippen LogP contribution in [0.4, 0.5) is 5.69 Å². The van der Waals surface area contributed by atoms with E-state index in [0.29, 0.717) is 17.8 Å². The molecule has 0 fully saturated rings. The van der Waals surface area contributed by atoms with Crippen molar-refractivity contribution in [2.75, 3.05) is 5.32 Å². The lowest BCUT2D eigenvalue weighted by molar-refractivity contribution is 0.864. The molecule has 0 amide bonds. The number of aromatic amines is 1. The zero-order valence-electron chi connectivity index (χ0n) is 12.6. The third-order valence-electron chi connectivity index (χ3n) is 4.05. The van der Waals surface area contributed by atoms with Gasteiger partial charge in [0.25, 0.3) is 5.56 Å². The van der Waals surface area contributed by atoms with Crippen LogP contribution in [0.5, 0.6) is 0 Å². The Kier molecular flexibility index (Phi) is 3.08. The molecule has 0 aliphatic heterocycles. The van der Waals surface area contributed by atoms with Crippen LogP contribution in [0.15, 0.2) is 53.6 Å². The van der Waals surface area contributed by atoms with Crippen molar-refractivity contribution >= 4 is 22.1 Å². The maximum absolute atomic E-state index is 12.2. The van der Waals surface area contributed by atoms with E-state index in [1.165, 1.54) is 16.2 Å². The Hall–Kier alpha value is -3.15. The van der Waals surface area contributed by atoms with Gasteiger partial charge in [-0.05, 0) is 29.8 Å². The van der Waals surface area contributed by atoms with Crippen LogP contribution in [-0.2, 0) is 6.54 Å². The molecule has 0 saturated carbocycles. The molecule has 2 aromatic carbocycles. The van der Waals surface area contributed by atoms with Crippen LogP contribution in [0, 0.1) is 6.92 Å². The lowest BCUT2D eigenvalue weighted by atomic mass is 10.1. The minimum Gasteiger partial charge on any atom is -0.381 e. The summed E-state index contributed by atoms with van der Waals surface area (Å²) in [6.07, 6.45) is 1.49. The zero-order valence-corrected chi connectivity index (χ0v) is 12.6. The highest BCUT2D eigenvalue weighted by molar-refractivity contribution is 5.85. The summed E-state index contributed by atoms with van der Waals surface area (Å²) in [4.78, 5) is 12.2. The van der Waals surface area contributed by atoms with Crippen molar-refractivity contribution in [3.63, 3.8) is 0 Å².